The number of ether oxygens (including phenoxy) is 1. The molecular formula is C14H12BrFN2O2S. The van der Waals surface area contributed by atoms with Crippen molar-refractivity contribution in [2.45, 2.75) is 16.8 Å². The molecule has 1 heterocycles. The molecule has 0 radical (unpaired) electrons. The van der Waals surface area contributed by atoms with E-state index in [-0.39, 0.29) is 22.8 Å². The van der Waals surface area contributed by atoms with Gasteiger partial charge in [0.1, 0.15) is 10.8 Å². The van der Waals surface area contributed by atoms with Gasteiger partial charge in [-0.25, -0.2) is 14.2 Å². The predicted octanol–water partition coefficient (Wildman–Crippen LogP) is 3.89. The Hall–Kier alpha value is -1.60. The Labute approximate surface area is 134 Å². The molecular weight excluding hydrogens is 359 g/mol. The number of rotatable bonds is 4. The van der Waals surface area contributed by atoms with Crippen LogP contribution in [0.5, 0.6) is 0 Å². The highest BCUT2D eigenvalue weighted by molar-refractivity contribution is 9.10. The lowest BCUT2D eigenvalue weighted by atomic mass is 10.2. The van der Waals surface area contributed by atoms with Gasteiger partial charge >= 0.3 is 5.97 Å². The monoisotopic (exact) mass is 370 g/mol. The Morgan fingerprint density at radius 1 is 1.52 bits per heavy atom. The van der Waals surface area contributed by atoms with Crippen LogP contribution in [-0.2, 0) is 4.74 Å². The Morgan fingerprint density at radius 2 is 2.29 bits per heavy atom. The molecule has 0 saturated carbocycles. The van der Waals surface area contributed by atoms with Gasteiger partial charge in [0.05, 0.1) is 21.5 Å². The summed E-state index contributed by atoms with van der Waals surface area (Å²) in [4.78, 5) is 16.2. The molecule has 0 aliphatic heterocycles. The number of pyridine rings is 1. The van der Waals surface area contributed by atoms with Crippen molar-refractivity contribution in [1.29, 1.82) is 0 Å². The van der Waals surface area contributed by atoms with E-state index >= 15 is 0 Å². The van der Waals surface area contributed by atoms with Crippen molar-refractivity contribution in [2.24, 2.45) is 0 Å². The summed E-state index contributed by atoms with van der Waals surface area (Å²) in [6.07, 6.45) is 1.61. The third-order valence-electron chi connectivity index (χ3n) is 2.53. The quantitative estimate of drug-likeness (QED) is 0.653. The van der Waals surface area contributed by atoms with Gasteiger partial charge in [-0.3, -0.25) is 0 Å². The average Bonchev–Trinajstić information content (AvgIpc) is 2.44. The number of carbonyl (C=O) groups excluding carboxylic acids is 1. The smallest absolute Gasteiger partial charge is 0.340 e. The zero-order valence-electron chi connectivity index (χ0n) is 11.1. The van der Waals surface area contributed by atoms with Crippen LogP contribution in [-0.4, -0.2) is 17.6 Å². The van der Waals surface area contributed by atoms with Crippen molar-refractivity contribution in [3.05, 3.63) is 46.3 Å². The second kappa shape index (κ2) is 6.91. The van der Waals surface area contributed by atoms with Crippen LogP contribution < -0.4 is 5.73 Å². The van der Waals surface area contributed by atoms with Gasteiger partial charge < -0.3 is 10.5 Å². The van der Waals surface area contributed by atoms with Crippen molar-refractivity contribution >= 4 is 39.3 Å². The fourth-order valence-corrected chi connectivity index (χ4v) is 2.90. The van der Waals surface area contributed by atoms with E-state index in [1.54, 1.807) is 25.3 Å². The van der Waals surface area contributed by atoms with Crippen LogP contribution in [0.3, 0.4) is 0 Å². The molecule has 21 heavy (non-hydrogen) atoms. The third kappa shape index (κ3) is 3.74. The summed E-state index contributed by atoms with van der Waals surface area (Å²) in [7, 11) is 0. The zero-order chi connectivity index (χ0) is 15.4. The van der Waals surface area contributed by atoms with Crippen LogP contribution >= 0.6 is 27.7 Å². The van der Waals surface area contributed by atoms with Crippen molar-refractivity contribution in [2.75, 3.05) is 12.3 Å². The molecule has 0 aliphatic rings. The normalized spacial score (nSPS) is 10.4. The molecule has 0 amide bonds. The second-order valence-corrected chi connectivity index (χ2v) is 5.87. The number of benzene rings is 1. The van der Waals surface area contributed by atoms with Gasteiger partial charge in [0.2, 0.25) is 0 Å². The van der Waals surface area contributed by atoms with Gasteiger partial charge in [0.25, 0.3) is 0 Å². The van der Waals surface area contributed by atoms with Gasteiger partial charge in [-0.2, -0.15) is 0 Å². The molecule has 4 nitrogen and oxygen atoms in total. The molecule has 2 rings (SSSR count). The van der Waals surface area contributed by atoms with Crippen LogP contribution in [0.15, 0.2) is 44.9 Å². The molecule has 2 N–H and O–H groups in total. The highest BCUT2D eigenvalue weighted by Gasteiger charge is 2.17. The highest BCUT2D eigenvalue weighted by Crippen LogP contribution is 2.35. The fraction of sp³-hybridized carbons (Fsp3) is 0.143. The first-order valence-electron chi connectivity index (χ1n) is 6.07. The SMILES string of the molecule is CCOC(=O)c1cc(Sc2ncccc2Br)c(F)cc1N. The highest BCUT2D eigenvalue weighted by atomic mass is 79.9. The number of anilines is 1. The maximum absolute atomic E-state index is 14.0. The van der Waals surface area contributed by atoms with Crippen molar-refractivity contribution in [3.8, 4) is 0 Å². The maximum Gasteiger partial charge on any atom is 0.340 e. The standard InChI is InChI=1S/C14H12BrFN2O2S/c1-2-20-14(19)8-6-12(10(16)7-11(8)17)21-13-9(15)4-3-5-18-13/h3-7H,2,17H2,1H3. The average molecular weight is 371 g/mol. The lowest BCUT2D eigenvalue weighted by Gasteiger charge is -2.09. The third-order valence-corrected chi connectivity index (χ3v) is 4.48. The van der Waals surface area contributed by atoms with Gasteiger partial charge in [-0.1, -0.05) is 11.8 Å². The topological polar surface area (TPSA) is 65.2 Å². The van der Waals surface area contributed by atoms with Crippen LogP contribution in [0.1, 0.15) is 17.3 Å². The Balaban J connectivity index is 2.38. The Kier molecular flexibility index (Phi) is 5.19. The van der Waals surface area contributed by atoms with Crippen molar-refractivity contribution < 1.29 is 13.9 Å². The molecule has 0 spiro atoms. The van der Waals surface area contributed by atoms with Gasteiger partial charge in [0, 0.05) is 11.9 Å². The number of nitrogens with zero attached hydrogens (tertiary/aromatic N) is 1. The van der Waals surface area contributed by atoms with E-state index in [4.69, 9.17) is 10.5 Å². The largest absolute Gasteiger partial charge is 0.462 e. The molecule has 0 aliphatic carbocycles. The minimum absolute atomic E-state index is 0.0513. The summed E-state index contributed by atoms with van der Waals surface area (Å²) >= 11 is 4.45. The van der Waals surface area contributed by atoms with E-state index in [0.717, 1.165) is 22.3 Å². The molecule has 0 fully saturated rings. The molecule has 0 atom stereocenters. The molecule has 0 saturated heterocycles. The Morgan fingerprint density at radius 3 is 2.95 bits per heavy atom. The fourth-order valence-electron chi connectivity index (χ4n) is 1.58. The number of esters is 1. The van der Waals surface area contributed by atoms with E-state index < -0.39 is 11.8 Å². The van der Waals surface area contributed by atoms with E-state index in [1.807, 2.05) is 0 Å². The van der Waals surface area contributed by atoms with E-state index in [0.29, 0.717) is 5.03 Å². The molecule has 1 aromatic carbocycles. The number of aromatic nitrogens is 1. The molecule has 1 aromatic heterocycles. The number of halogens is 2. The lowest BCUT2D eigenvalue weighted by Crippen LogP contribution is -2.08. The first-order chi connectivity index (χ1) is 10.0. The summed E-state index contributed by atoms with van der Waals surface area (Å²) in [6, 6.07) is 6.06. The molecule has 2 aromatic rings. The summed E-state index contributed by atoms with van der Waals surface area (Å²) in [5.74, 6) is -1.08. The number of hydrogen-bond donors (Lipinski definition) is 1. The molecule has 110 valence electrons. The summed E-state index contributed by atoms with van der Waals surface area (Å²) in [5, 5.41) is 0.594. The van der Waals surface area contributed by atoms with Crippen molar-refractivity contribution in [1.82, 2.24) is 4.98 Å². The van der Waals surface area contributed by atoms with Crippen molar-refractivity contribution in [3.63, 3.8) is 0 Å². The number of hydrogen-bond acceptors (Lipinski definition) is 5. The van der Waals surface area contributed by atoms with Crippen LogP contribution in [0.2, 0.25) is 0 Å². The predicted molar refractivity (Wildman–Crippen MR) is 82.8 cm³/mol. The van der Waals surface area contributed by atoms with Gasteiger partial charge in [0.15, 0.2) is 0 Å². The molecule has 0 bridgehead atoms. The first-order valence-corrected chi connectivity index (χ1v) is 7.68. The molecule has 0 unspecified atom stereocenters. The Bertz CT molecular complexity index is 682. The lowest BCUT2D eigenvalue weighted by molar-refractivity contribution is 0.0527. The zero-order valence-corrected chi connectivity index (χ0v) is 13.5. The second-order valence-electron chi connectivity index (χ2n) is 3.98. The number of nitrogen functional groups attached to an aromatic ring is 1. The van der Waals surface area contributed by atoms with Crippen LogP contribution in [0.4, 0.5) is 10.1 Å². The maximum atomic E-state index is 14.0. The van der Waals surface area contributed by atoms with Gasteiger partial charge in [-0.05, 0) is 47.1 Å². The van der Waals surface area contributed by atoms with E-state index in [2.05, 4.69) is 20.9 Å². The minimum Gasteiger partial charge on any atom is -0.462 e. The number of carbonyl (C=O) groups is 1. The molecule has 7 heteroatoms. The van der Waals surface area contributed by atoms with E-state index in [9.17, 15) is 9.18 Å². The number of nitrogens with two attached hydrogens (primary N) is 1. The van der Waals surface area contributed by atoms with Crippen LogP contribution in [0.25, 0.3) is 0 Å². The van der Waals surface area contributed by atoms with E-state index in [1.165, 1.54) is 6.07 Å². The summed E-state index contributed by atoms with van der Waals surface area (Å²) in [5.41, 5.74) is 5.87. The van der Waals surface area contributed by atoms with Gasteiger partial charge in [-0.15, -0.1) is 0 Å². The summed E-state index contributed by atoms with van der Waals surface area (Å²) < 4.78 is 19.6. The van der Waals surface area contributed by atoms with Crippen LogP contribution in [0, 0.1) is 5.82 Å². The summed E-state index contributed by atoms with van der Waals surface area (Å²) in [6.45, 7) is 1.92. The minimum atomic E-state index is -0.572. The first kappa shape index (κ1) is 15.8.